The van der Waals surface area contributed by atoms with Gasteiger partial charge in [-0.25, -0.2) is 14.6 Å². The quantitative estimate of drug-likeness (QED) is 0.218. The van der Waals surface area contributed by atoms with E-state index in [1.54, 1.807) is 27.0 Å². The van der Waals surface area contributed by atoms with Gasteiger partial charge in [-0.1, -0.05) is 78.8 Å². The number of halogens is 1. The molecule has 12 heteroatoms. The number of carbonyl (C=O) groups is 3. The monoisotopic (exact) mass is 707 g/mol. The van der Waals surface area contributed by atoms with Crippen molar-refractivity contribution in [2.45, 2.75) is 59.2 Å². The first-order valence-corrected chi connectivity index (χ1v) is 16.8. The number of rotatable bonds is 4. The van der Waals surface area contributed by atoms with Crippen molar-refractivity contribution < 1.29 is 23.9 Å². The topological polar surface area (TPSA) is 123 Å². The Morgan fingerprint density at radius 1 is 1.04 bits per heavy atom. The standard InChI is InChI=1S/C34H38BrN5O5S/c1-32(2,3)26-19-40(30(42)44-31(43)45-33(4,5)6)16-15-34(26)38-28(21-11-13-23(35)14-12-21)29(39-34)46-20-27(41)37-24-17-22-9-7-8-10-25(22)36-18-24/h7-14,17-18,26H,15-16,19-20H2,1-6H3,(H,37,41). The molecule has 1 fully saturated rings. The molecule has 2 amide bonds. The first kappa shape index (κ1) is 33.6. The number of benzene rings is 2. The van der Waals surface area contributed by atoms with Gasteiger partial charge in [0.2, 0.25) is 5.91 Å². The van der Waals surface area contributed by atoms with Crippen molar-refractivity contribution in [3.05, 3.63) is 70.8 Å². The molecule has 3 heterocycles. The molecule has 2 aromatic carbocycles. The van der Waals surface area contributed by atoms with Gasteiger partial charge in [0, 0.05) is 40.9 Å². The van der Waals surface area contributed by atoms with Crippen LogP contribution in [-0.4, -0.2) is 68.9 Å². The van der Waals surface area contributed by atoms with Gasteiger partial charge in [-0.15, -0.1) is 0 Å². The van der Waals surface area contributed by atoms with E-state index >= 15 is 0 Å². The summed E-state index contributed by atoms with van der Waals surface area (Å²) < 4.78 is 11.1. The number of pyridine rings is 1. The van der Waals surface area contributed by atoms with E-state index in [-0.39, 0.29) is 36.1 Å². The maximum absolute atomic E-state index is 13.1. The fourth-order valence-electron chi connectivity index (χ4n) is 5.60. The minimum absolute atomic E-state index is 0.117. The molecule has 1 N–H and O–H groups in total. The van der Waals surface area contributed by atoms with Crippen molar-refractivity contribution in [1.29, 1.82) is 0 Å². The molecule has 10 nitrogen and oxygen atoms in total. The Hall–Kier alpha value is -3.77. The highest BCUT2D eigenvalue weighted by atomic mass is 79.9. The van der Waals surface area contributed by atoms with Crippen LogP contribution in [0.1, 0.15) is 53.5 Å². The second-order valence-electron chi connectivity index (χ2n) is 13.5. The Morgan fingerprint density at radius 3 is 2.46 bits per heavy atom. The Balaban J connectivity index is 1.38. The molecule has 5 rings (SSSR count). The summed E-state index contributed by atoms with van der Waals surface area (Å²) in [6, 6.07) is 17.5. The van der Waals surface area contributed by atoms with Gasteiger partial charge in [0.15, 0.2) is 5.66 Å². The van der Waals surface area contributed by atoms with Crippen LogP contribution in [0, 0.1) is 11.3 Å². The van der Waals surface area contributed by atoms with Crippen LogP contribution >= 0.6 is 27.7 Å². The van der Waals surface area contributed by atoms with E-state index < -0.39 is 23.5 Å². The smallest absolute Gasteiger partial charge is 0.428 e. The summed E-state index contributed by atoms with van der Waals surface area (Å²) in [7, 11) is 0. The number of piperidine rings is 1. The summed E-state index contributed by atoms with van der Waals surface area (Å²) in [5, 5.41) is 4.55. The number of para-hydroxylation sites is 1. The van der Waals surface area contributed by atoms with Gasteiger partial charge in [-0.3, -0.25) is 14.8 Å². The molecule has 0 aliphatic carbocycles. The van der Waals surface area contributed by atoms with Crippen LogP contribution in [0.2, 0.25) is 0 Å². The lowest BCUT2D eigenvalue weighted by molar-refractivity contribution is -0.113. The Bertz CT molecular complexity index is 1710. The number of hydrogen-bond acceptors (Lipinski definition) is 9. The SMILES string of the molecule is CC(C)(C)OC(=O)OC(=O)N1CCC2(N=C(SCC(=O)Nc3cnc4ccccc4c3)C(c3ccc(Br)cc3)=N2)C(C(C)(C)C)C1. The molecule has 1 spiro atoms. The molecule has 1 aromatic heterocycles. The predicted molar refractivity (Wildman–Crippen MR) is 186 cm³/mol. The fraction of sp³-hybridized carbons (Fsp3) is 0.412. The van der Waals surface area contributed by atoms with Gasteiger partial charge >= 0.3 is 12.2 Å². The number of aliphatic imine (C=N–C) groups is 2. The minimum Gasteiger partial charge on any atom is -0.428 e. The molecule has 0 bridgehead atoms. The van der Waals surface area contributed by atoms with Gasteiger partial charge in [0.05, 0.1) is 28.9 Å². The van der Waals surface area contributed by atoms with E-state index in [0.717, 1.165) is 20.9 Å². The Labute approximate surface area is 281 Å². The molecule has 2 unspecified atom stereocenters. The maximum atomic E-state index is 13.1. The summed E-state index contributed by atoms with van der Waals surface area (Å²) in [5.74, 6) is -0.292. The summed E-state index contributed by atoms with van der Waals surface area (Å²) in [6.07, 6.45) is 0.275. The molecule has 46 heavy (non-hydrogen) atoms. The van der Waals surface area contributed by atoms with Crippen LogP contribution in [-0.2, 0) is 14.3 Å². The molecule has 0 radical (unpaired) electrons. The molecule has 2 aliphatic heterocycles. The van der Waals surface area contributed by atoms with Crippen LogP contribution in [0.3, 0.4) is 0 Å². The second-order valence-corrected chi connectivity index (χ2v) is 15.3. The summed E-state index contributed by atoms with van der Waals surface area (Å²) in [6.45, 7) is 11.9. The van der Waals surface area contributed by atoms with E-state index in [2.05, 4.69) is 47.0 Å². The zero-order valence-corrected chi connectivity index (χ0v) is 29.2. The summed E-state index contributed by atoms with van der Waals surface area (Å²) >= 11 is 4.84. The lowest BCUT2D eigenvalue weighted by Gasteiger charge is -2.47. The molecular formula is C34H38BrN5O5S. The number of ether oxygens (including phenoxy) is 2. The summed E-state index contributed by atoms with van der Waals surface area (Å²) in [5.41, 5.74) is 1.07. The molecule has 0 saturated carbocycles. The van der Waals surface area contributed by atoms with Crippen LogP contribution in [0.25, 0.3) is 10.9 Å². The molecule has 3 aromatic rings. The van der Waals surface area contributed by atoms with Gasteiger partial charge in [-0.2, -0.15) is 0 Å². The van der Waals surface area contributed by atoms with E-state index in [1.807, 2.05) is 54.6 Å². The summed E-state index contributed by atoms with van der Waals surface area (Å²) in [4.78, 5) is 54.8. The number of hydrogen-bond donors (Lipinski definition) is 1. The highest BCUT2D eigenvalue weighted by Gasteiger charge is 2.52. The number of nitrogens with zero attached hydrogens (tertiary/aromatic N) is 4. The third kappa shape index (κ3) is 7.95. The average molecular weight is 709 g/mol. The normalized spacial score (nSPS) is 19.9. The zero-order valence-electron chi connectivity index (χ0n) is 26.8. The van der Waals surface area contributed by atoms with Crippen LogP contribution in [0.4, 0.5) is 15.3 Å². The third-order valence-corrected chi connectivity index (χ3v) is 9.20. The lowest BCUT2D eigenvalue weighted by Crippen LogP contribution is -2.55. The molecule has 242 valence electrons. The minimum atomic E-state index is -1.03. The Kier molecular flexibility index (Phi) is 9.60. The van der Waals surface area contributed by atoms with Gasteiger partial charge < -0.3 is 19.7 Å². The number of nitrogens with one attached hydrogen (secondary N) is 1. The van der Waals surface area contributed by atoms with Crippen molar-refractivity contribution in [2.75, 3.05) is 24.2 Å². The molecular weight excluding hydrogens is 670 g/mol. The van der Waals surface area contributed by atoms with E-state index in [0.29, 0.717) is 22.9 Å². The van der Waals surface area contributed by atoms with Crippen molar-refractivity contribution in [3.8, 4) is 0 Å². The van der Waals surface area contributed by atoms with Gasteiger partial charge in [0.25, 0.3) is 0 Å². The van der Waals surface area contributed by atoms with E-state index in [4.69, 9.17) is 19.5 Å². The van der Waals surface area contributed by atoms with Crippen LogP contribution in [0.5, 0.6) is 0 Å². The largest absolute Gasteiger partial charge is 0.517 e. The number of likely N-dealkylation sites (tertiary alicyclic amines) is 1. The highest BCUT2D eigenvalue weighted by molar-refractivity contribution is 9.10. The first-order valence-electron chi connectivity index (χ1n) is 15.1. The molecule has 2 aliphatic rings. The number of anilines is 1. The predicted octanol–water partition coefficient (Wildman–Crippen LogP) is 7.71. The van der Waals surface area contributed by atoms with Crippen molar-refractivity contribution in [2.24, 2.45) is 21.3 Å². The lowest BCUT2D eigenvalue weighted by atomic mass is 9.70. The fourth-order valence-corrected chi connectivity index (χ4v) is 6.73. The first-order chi connectivity index (χ1) is 21.6. The second kappa shape index (κ2) is 13.2. The van der Waals surface area contributed by atoms with E-state index in [9.17, 15) is 14.4 Å². The zero-order chi connectivity index (χ0) is 33.3. The van der Waals surface area contributed by atoms with Crippen LogP contribution in [0.15, 0.2) is 75.3 Å². The van der Waals surface area contributed by atoms with Crippen molar-refractivity contribution in [3.63, 3.8) is 0 Å². The average Bonchev–Trinajstić information content (AvgIpc) is 3.33. The number of aromatic nitrogens is 1. The number of carbonyl (C=O) groups excluding carboxylic acids is 3. The number of fused-ring (bicyclic) bond motifs is 1. The highest BCUT2D eigenvalue weighted by Crippen LogP contribution is 2.47. The number of amides is 2. The third-order valence-electron chi connectivity index (χ3n) is 7.71. The van der Waals surface area contributed by atoms with Gasteiger partial charge in [0.1, 0.15) is 10.6 Å². The maximum Gasteiger partial charge on any atom is 0.517 e. The molecule has 2 atom stereocenters. The number of thioether (sulfide) groups is 1. The Morgan fingerprint density at radius 2 is 1.76 bits per heavy atom. The molecule has 1 saturated heterocycles. The van der Waals surface area contributed by atoms with E-state index in [1.165, 1.54) is 16.7 Å². The van der Waals surface area contributed by atoms with Crippen LogP contribution < -0.4 is 5.32 Å². The van der Waals surface area contributed by atoms with Crippen molar-refractivity contribution >= 4 is 73.2 Å². The van der Waals surface area contributed by atoms with Crippen molar-refractivity contribution in [1.82, 2.24) is 9.88 Å². The van der Waals surface area contributed by atoms with Gasteiger partial charge in [-0.05, 0) is 50.5 Å².